The molecule has 0 saturated heterocycles. The smallest absolute Gasteiger partial charge is 0.222 e. The Bertz CT molecular complexity index is 1020. The van der Waals surface area contributed by atoms with Crippen molar-refractivity contribution in [3.05, 3.63) is 78.4 Å². The summed E-state index contributed by atoms with van der Waals surface area (Å²) in [5.41, 5.74) is -2.70. The number of hydrogen-bond acceptors (Lipinski definition) is 8. The Balaban J connectivity index is 2.21. The molecule has 1 aliphatic carbocycles. The molecule has 1 aromatic carbocycles. The van der Waals surface area contributed by atoms with Crippen molar-refractivity contribution in [3.63, 3.8) is 0 Å². The number of rotatable bonds is 6. The van der Waals surface area contributed by atoms with Crippen LogP contribution < -0.4 is 0 Å². The second kappa shape index (κ2) is 7.05. The Morgan fingerprint density at radius 1 is 0.767 bits per heavy atom. The van der Waals surface area contributed by atoms with Crippen molar-refractivity contribution in [2.75, 3.05) is 0 Å². The number of nitrogens with zero attached hydrogens (tertiary/aromatic N) is 4. The summed E-state index contributed by atoms with van der Waals surface area (Å²) in [7, 11) is 0. The Morgan fingerprint density at radius 3 is 1.40 bits per heavy atom. The molecule has 1 heterocycles. The molecule has 1 aromatic heterocycles. The SMILES string of the molecule is CC(C)(Cc1nc2c(nc1CC(C)(C)[N+](=O)[O-])C(=O)c1ccccc1C2=O)[N+](=O)[O-]. The molecule has 0 bridgehead atoms. The van der Waals surface area contributed by atoms with Gasteiger partial charge in [-0.1, -0.05) is 24.3 Å². The maximum Gasteiger partial charge on any atom is 0.222 e. The molecule has 0 atom stereocenters. The van der Waals surface area contributed by atoms with Crippen LogP contribution in [0.3, 0.4) is 0 Å². The molecule has 1 aliphatic rings. The zero-order valence-corrected chi connectivity index (χ0v) is 17.0. The monoisotopic (exact) mass is 412 g/mol. The molecular formula is C20H20N4O6. The summed E-state index contributed by atoms with van der Waals surface area (Å²) in [6.07, 6.45) is -0.404. The molecule has 156 valence electrons. The van der Waals surface area contributed by atoms with Crippen LogP contribution in [0.4, 0.5) is 0 Å². The number of ketones is 2. The fourth-order valence-electron chi connectivity index (χ4n) is 3.19. The zero-order valence-electron chi connectivity index (χ0n) is 17.0. The number of carbonyl (C=O) groups excluding carboxylic acids is 2. The summed E-state index contributed by atoms with van der Waals surface area (Å²) in [6, 6.07) is 6.25. The van der Waals surface area contributed by atoms with E-state index in [9.17, 15) is 29.8 Å². The van der Waals surface area contributed by atoms with Crippen molar-refractivity contribution in [2.45, 2.75) is 51.6 Å². The Morgan fingerprint density at radius 2 is 1.10 bits per heavy atom. The quantitative estimate of drug-likeness (QED) is 0.443. The van der Waals surface area contributed by atoms with Gasteiger partial charge in [-0.05, 0) is 0 Å². The third-order valence-corrected chi connectivity index (χ3v) is 5.09. The first-order valence-electron chi connectivity index (χ1n) is 9.22. The van der Waals surface area contributed by atoms with Crippen LogP contribution in [-0.4, -0.2) is 42.5 Å². The maximum absolute atomic E-state index is 12.9. The van der Waals surface area contributed by atoms with Crippen LogP contribution in [-0.2, 0) is 12.8 Å². The average Bonchev–Trinajstić information content (AvgIpc) is 2.66. The van der Waals surface area contributed by atoms with Gasteiger partial charge in [-0.2, -0.15) is 0 Å². The van der Waals surface area contributed by atoms with Crippen LogP contribution in [0.5, 0.6) is 0 Å². The van der Waals surface area contributed by atoms with E-state index in [1.807, 2.05) is 0 Å². The second-order valence-corrected chi connectivity index (χ2v) is 8.51. The minimum atomic E-state index is -1.45. The predicted molar refractivity (Wildman–Crippen MR) is 105 cm³/mol. The predicted octanol–water partition coefficient (Wildman–Crippen LogP) is 2.45. The molecule has 0 amide bonds. The Hall–Kier alpha value is -3.56. The average molecular weight is 412 g/mol. The van der Waals surface area contributed by atoms with Gasteiger partial charge in [-0.15, -0.1) is 0 Å². The first kappa shape index (κ1) is 21.2. The number of nitro groups is 2. The van der Waals surface area contributed by atoms with Crippen LogP contribution in [0.2, 0.25) is 0 Å². The van der Waals surface area contributed by atoms with Gasteiger partial charge in [0.15, 0.2) is 0 Å². The van der Waals surface area contributed by atoms with Gasteiger partial charge in [0.2, 0.25) is 22.6 Å². The molecule has 0 spiro atoms. The summed E-state index contributed by atoms with van der Waals surface area (Å²) >= 11 is 0. The molecular weight excluding hydrogens is 392 g/mol. The number of hydrogen-bond donors (Lipinski definition) is 0. The lowest BCUT2D eigenvalue weighted by molar-refractivity contribution is -0.561. The van der Waals surface area contributed by atoms with Crippen molar-refractivity contribution in [3.8, 4) is 0 Å². The van der Waals surface area contributed by atoms with Gasteiger partial charge in [0.25, 0.3) is 0 Å². The van der Waals surface area contributed by atoms with Crippen LogP contribution in [0.1, 0.15) is 71.2 Å². The normalized spacial score (nSPS) is 13.6. The molecule has 10 heteroatoms. The molecule has 0 N–H and O–H groups in total. The largest absolute Gasteiger partial charge is 0.287 e. The van der Waals surface area contributed by atoms with E-state index in [2.05, 4.69) is 9.97 Å². The van der Waals surface area contributed by atoms with Gasteiger partial charge in [-0.25, -0.2) is 9.97 Å². The van der Waals surface area contributed by atoms with E-state index in [0.29, 0.717) is 0 Å². The highest BCUT2D eigenvalue weighted by Crippen LogP contribution is 2.29. The topological polar surface area (TPSA) is 146 Å². The molecule has 0 aliphatic heterocycles. The van der Waals surface area contributed by atoms with E-state index < -0.39 is 32.5 Å². The standard InChI is InChI=1S/C20H20N4O6/c1-19(2,23(27)28)9-13-14(10-20(3,4)24(29)30)22-16-15(21-13)17(25)11-7-5-6-8-12(11)18(16)26/h5-8H,9-10H2,1-4H3. The summed E-state index contributed by atoms with van der Waals surface area (Å²) in [5, 5.41) is 22.9. The highest BCUT2D eigenvalue weighted by atomic mass is 16.6. The second-order valence-electron chi connectivity index (χ2n) is 8.51. The van der Waals surface area contributed by atoms with Crippen LogP contribution in [0.25, 0.3) is 0 Å². The Kier molecular flexibility index (Phi) is 4.97. The third kappa shape index (κ3) is 3.56. The van der Waals surface area contributed by atoms with Gasteiger partial charge in [0.1, 0.15) is 11.4 Å². The molecule has 10 nitrogen and oxygen atoms in total. The van der Waals surface area contributed by atoms with Crippen molar-refractivity contribution in [2.24, 2.45) is 0 Å². The van der Waals surface area contributed by atoms with E-state index in [4.69, 9.17) is 0 Å². The van der Waals surface area contributed by atoms with Crippen molar-refractivity contribution >= 4 is 11.6 Å². The summed E-state index contributed by atoms with van der Waals surface area (Å²) in [6.45, 7) is 5.55. The van der Waals surface area contributed by atoms with Crippen molar-refractivity contribution in [1.82, 2.24) is 9.97 Å². The van der Waals surface area contributed by atoms with Gasteiger partial charge in [-0.3, -0.25) is 29.8 Å². The van der Waals surface area contributed by atoms with E-state index in [-0.39, 0.29) is 46.7 Å². The minimum absolute atomic E-state index is 0.103. The lowest BCUT2D eigenvalue weighted by atomic mass is 9.88. The molecule has 0 saturated carbocycles. The van der Waals surface area contributed by atoms with Gasteiger partial charge in [0.05, 0.1) is 24.2 Å². The highest BCUT2D eigenvalue weighted by Gasteiger charge is 2.40. The Labute approximate surface area is 171 Å². The molecule has 0 radical (unpaired) electrons. The number of carbonyl (C=O) groups is 2. The van der Waals surface area contributed by atoms with E-state index in [1.165, 1.54) is 39.8 Å². The van der Waals surface area contributed by atoms with Crippen molar-refractivity contribution in [1.29, 1.82) is 0 Å². The van der Waals surface area contributed by atoms with E-state index in [0.717, 1.165) is 0 Å². The lowest BCUT2D eigenvalue weighted by Gasteiger charge is -2.23. The first-order valence-corrected chi connectivity index (χ1v) is 9.22. The fraction of sp³-hybridized carbons (Fsp3) is 0.400. The zero-order chi connectivity index (χ0) is 22.4. The molecule has 30 heavy (non-hydrogen) atoms. The van der Waals surface area contributed by atoms with E-state index >= 15 is 0 Å². The summed E-state index contributed by atoms with van der Waals surface area (Å²) in [4.78, 5) is 56.3. The fourth-order valence-corrected chi connectivity index (χ4v) is 3.19. The number of fused-ring (bicyclic) bond motifs is 2. The van der Waals surface area contributed by atoms with Crippen molar-refractivity contribution < 1.29 is 19.4 Å². The molecule has 3 rings (SSSR count). The summed E-state index contributed by atoms with van der Waals surface area (Å²) < 4.78 is 0. The lowest BCUT2D eigenvalue weighted by Crippen LogP contribution is -2.38. The summed E-state index contributed by atoms with van der Waals surface area (Å²) in [5.74, 6) is -1.01. The molecule has 0 unspecified atom stereocenters. The third-order valence-electron chi connectivity index (χ3n) is 5.09. The highest BCUT2D eigenvalue weighted by molar-refractivity contribution is 6.26. The van der Waals surface area contributed by atoms with Crippen LogP contribution in [0.15, 0.2) is 24.3 Å². The number of aromatic nitrogens is 2. The maximum atomic E-state index is 12.9. The van der Waals surface area contributed by atoms with Gasteiger partial charge in [0, 0.05) is 48.7 Å². The van der Waals surface area contributed by atoms with Gasteiger partial charge >= 0.3 is 0 Å². The van der Waals surface area contributed by atoms with Crippen LogP contribution >= 0.6 is 0 Å². The molecule has 0 fully saturated rings. The van der Waals surface area contributed by atoms with Gasteiger partial charge < -0.3 is 0 Å². The minimum Gasteiger partial charge on any atom is -0.287 e. The van der Waals surface area contributed by atoms with Crippen LogP contribution in [0, 0.1) is 20.2 Å². The molecule has 2 aromatic rings. The number of benzene rings is 1. The van der Waals surface area contributed by atoms with E-state index in [1.54, 1.807) is 12.1 Å². The first-order chi connectivity index (χ1) is 13.8.